The molecule has 0 saturated carbocycles. The van der Waals surface area contributed by atoms with Crippen molar-refractivity contribution >= 4 is 11.9 Å². The Labute approximate surface area is 68.0 Å². The van der Waals surface area contributed by atoms with Crippen LogP contribution in [-0.2, 0) is 4.74 Å². The monoisotopic (exact) mass is 169 g/mol. The predicted octanol–water partition coefficient (Wildman–Crippen LogP) is 0.500. The lowest BCUT2D eigenvalue weighted by Gasteiger charge is -1.96. The van der Waals surface area contributed by atoms with Gasteiger partial charge < -0.3 is 14.8 Å². The van der Waals surface area contributed by atoms with Gasteiger partial charge >= 0.3 is 11.9 Å². The van der Waals surface area contributed by atoms with Gasteiger partial charge in [0.15, 0.2) is 0 Å². The number of esters is 1. The van der Waals surface area contributed by atoms with Gasteiger partial charge in [0.05, 0.1) is 12.7 Å². The number of aromatic carboxylic acids is 1. The van der Waals surface area contributed by atoms with E-state index in [0.717, 1.165) is 0 Å². The minimum atomic E-state index is -1.16. The summed E-state index contributed by atoms with van der Waals surface area (Å²) in [6, 6.07) is 1.30. The van der Waals surface area contributed by atoms with Gasteiger partial charge in [0, 0.05) is 6.20 Å². The molecule has 0 aliphatic rings. The summed E-state index contributed by atoms with van der Waals surface area (Å²) in [5.74, 6) is -1.84. The van der Waals surface area contributed by atoms with Crippen molar-refractivity contribution in [2.45, 2.75) is 0 Å². The van der Waals surface area contributed by atoms with Crippen LogP contribution in [0.2, 0.25) is 0 Å². The molecule has 0 atom stereocenters. The standard InChI is InChI=1S/C7H7NO4/c1-12-7(11)5-4(6(9)10)2-3-8-5/h2-3,8H,1H3,(H,9,10). The van der Waals surface area contributed by atoms with Crippen LogP contribution in [0.3, 0.4) is 0 Å². The molecule has 0 spiro atoms. The molecule has 5 heteroatoms. The summed E-state index contributed by atoms with van der Waals surface area (Å²) >= 11 is 0. The Bertz CT molecular complexity index is 315. The van der Waals surface area contributed by atoms with Crippen molar-refractivity contribution in [1.29, 1.82) is 0 Å². The largest absolute Gasteiger partial charge is 0.478 e. The Kier molecular flexibility index (Phi) is 2.14. The van der Waals surface area contributed by atoms with E-state index in [9.17, 15) is 9.59 Å². The van der Waals surface area contributed by atoms with E-state index in [1.54, 1.807) is 0 Å². The van der Waals surface area contributed by atoms with E-state index < -0.39 is 11.9 Å². The normalized spacial score (nSPS) is 9.42. The van der Waals surface area contributed by atoms with E-state index in [2.05, 4.69) is 9.72 Å². The molecule has 0 aromatic carbocycles. The molecular formula is C7H7NO4. The highest BCUT2D eigenvalue weighted by atomic mass is 16.5. The van der Waals surface area contributed by atoms with Gasteiger partial charge in [-0.15, -0.1) is 0 Å². The highest BCUT2D eigenvalue weighted by Crippen LogP contribution is 2.07. The van der Waals surface area contributed by atoms with Crippen molar-refractivity contribution in [3.63, 3.8) is 0 Å². The van der Waals surface area contributed by atoms with Crippen LogP contribution >= 0.6 is 0 Å². The molecule has 0 bridgehead atoms. The van der Waals surface area contributed by atoms with Crippen LogP contribution in [0.4, 0.5) is 0 Å². The summed E-state index contributed by atoms with van der Waals surface area (Å²) < 4.78 is 4.35. The number of hydrogen-bond acceptors (Lipinski definition) is 3. The summed E-state index contributed by atoms with van der Waals surface area (Å²) in [5, 5.41) is 8.57. The first-order valence-corrected chi connectivity index (χ1v) is 3.15. The lowest BCUT2D eigenvalue weighted by atomic mass is 10.2. The zero-order valence-corrected chi connectivity index (χ0v) is 6.33. The van der Waals surface area contributed by atoms with Crippen LogP contribution in [0.15, 0.2) is 12.3 Å². The minimum absolute atomic E-state index is 0.0370. The molecule has 0 saturated heterocycles. The topological polar surface area (TPSA) is 79.4 Å². The second kappa shape index (κ2) is 3.08. The fraction of sp³-hybridized carbons (Fsp3) is 0.143. The van der Waals surface area contributed by atoms with Gasteiger partial charge in [-0.2, -0.15) is 0 Å². The molecule has 0 unspecified atom stereocenters. The number of methoxy groups -OCH3 is 1. The third-order valence-corrected chi connectivity index (χ3v) is 1.37. The van der Waals surface area contributed by atoms with Gasteiger partial charge in [-0.3, -0.25) is 0 Å². The number of carboxylic acids is 1. The van der Waals surface area contributed by atoms with Gasteiger partial charge in [-0.05, 0) is 6.07 Å². The zero-order chi connectivity index (χ0) is 9.14. The third-order valence-electron chi connectivity index (χ3n) is 1.37. The number of carbonyl (C=O) groups excluding carboxylic acids is 1. The zero-order valence-electron chi connectivity index (χ0n) is 6.33. The first-order chi connectivity index (χ1) is 5.66. The van der Waals surface area contributed by atoms with Crippen molar-refractivity contribution in [3.05, 3.63) is 23.5 Å². The van der Waals surface area contributed by atoms with Crippen LogP contribution in [0, 0.1) is 0 Å². The molecule has 0 amide bonds. The first kappa shape index (κ1) is 8.32. The molecule has 12 heavy (non-hydrogen) atoms. The molecule has 0 fully saturated rings. The Hall–Kier alpha value is -1.78. The summed E-state index contributed by atoms with van der Waals surface area (Å²) in [4.78, 5) is 23.8. The number of carbonyl (C=O) groups is 2. The summed E-state index contributed by atoms with van der Waals surface area (Å²) in [6.45, 7) is 0. The Balaban J connectivity index is 3.07. The first-order valence-electron chi connectivity index (χ1n) is 3.15. The molecule has 1 aromatic rings. The molecule has 64 valence electrons. The van der Waals surface area contributed by atoms with Gasteiger partial charge in [-0.25, -0.2) is 9.59 Å². The molecule has 1 rings (SSSR count). The molecule has 0 radical (unpaired) electrons. The lowest BCUT2D eigenvalue weighted by molar-refractivity contribution is 0.0577. The summed E-state index contributed by atoms with van der Waals surface area (Å²) in [5.41, 5.74) is -0.119. The fourth-order valence-corrected chi connectivity index (χ4v) is 0.819. The van der Waals surface area contributed by atoms with Gasteiger partial charge in [0.2, 0.25) is 0 Å². The van der Waals surface area contributed by atoms with Gasteiger partial charge in [0.25, 0.3) is 0 Å². The van der Waals surface area contributed by atoms with Gasteiger partial charge in [0.1, 0.15) is 5.69 Å². The van der Waals surface area contributed by atoms with E-state index >= 15 is 0 Å². The molecule has 1 heterocycles. The third kappa shape index (κ3) is 1.29. The summed E-state index contributed by atoms with van der Waals surface area (Å²) in [7, 11) is 1.19. The second-order valence-corrected chi connectivity index (χ2v) is 2.06. The van der Waals surface area contributed by atoms with E-state index in [1.807, 2.05) is 0 Å². The number of rotatable bonds is 2. The number of aromatic nitrogens is 1. The van der Waals surface area contributed by atoms with Crippen molar-refractivity contribution in [1.82, 2.24) is 4.98 Å². The van der Waals surface area contributed by atoms with Crippen molar-refractivity contribution in [2.24, 2.45) is 0 Å². The van der Waals surface area contributed by atoms with Crippen LogP contribution in [-0.4, -0.2) is 29.1 Å². The number of carboxylic acid groups (broad SMARTS) is 1. The number of nitrogens with one attached hydrogen (secondary N) is 1. The van der Waals surface area contributed by atoms with Gasteiger partial charge in [-0.1, -0.05) is 0 Å². The van der Waals surface area contributed by atoms with E-state index in [-0.39, 0.29) is 11.3 Å². The summed E-state index contributed by atoms with van der Waals surface area (Å²) in [6.07, 6.45) is 1.37. The van der Waals surface area contributed by atoms with E-state index in [1.165, 1.54) is 19.4 Å². The lowest BCUT2D eigenvalue weighted by Crippen LogP contribution is -2.08. The Morgan fingerprint density at radius 2 is 2.25 bits per heavy atom. The molecule has 2 N–H and O–H groups in total. The molecule has 1 aromatic heterocycles. The highest BCUT2D eigenvalue weighted by molar-refractivity contribution is 6.01. The van der Waals surface area contributed by atoms with Crippen LogP contribution < -0.4 is 0 Å². The van der Waals surface area contributed by atoms with Crippen LogP contribution in [0.5, 0.6) is 0 Å². The highest BCUT2D eigenvalue weighted by Gasteiger charge is 2.17. The smallest absolute Gasteiger partial charge is 0.355 e. The number of H-pyrrole nitrogens is 1. The maximum atomic E-state index is 10.9. The predicted molar refractivity (Wildman–Crippen MR) is 39.1 cm³/mol. The molecular weight excluding hydrogens is 162 g/mol. The average molecular weight is 169 g/mol. The van der Waals surface area contributed by atoms with Crippen LogP contribution in [0.25, 0.3) is 0 Å². The molecule has 0 aliphatic heterocycles. The molecule has 0 aliphatic carbocycles. The SMILES string of the molecule is COC(=O)c1[nH]ccc1C(=O)O. The fourth-order valence-electron chi connectivity index (χ4n) is 0.819. The maximum absolute atomic E-state index is 10.9. The van der Waals surface area contributed by atoms with Crippen molar-refractivity contribution in [2.75, 3.05) is 7.11 Å². The van der Waals surface area contributed by atoms with E-state index in [0.29, 0.717) is 0 Å². The average Bonchev–Trinajstić information content (AvgIpc) is 2.50. The van der Waals surface area contributed by atoms with Crippen molar-refractivity contribution in [3.8, 4) is 0 Å². The maximum Gasteiger partial charge on any atom is 0.355 e. The Morgan fingerprint density at radius 3 is 2.75 bits per heavy atom. The van der Waals surface area contributed by atoms with E-state index in [4.69, 9.17) is 5.11 Å². The number of hydrogen-bond donors (Lipinski definition) is 2. The minimum Gasteiger partial charge on any atom is -0.478 e. The number of ether oxygens (including phenoxy) is 1. The number of aromatic amines is 1. The van der Waals surface area contributed by atoms with Crippen LogP contribution in [0.1, 0.15) is 20.8 Å². The quantitative estimate of drug-likeness (QED) is 0.632. The Morgan fingerprint density at radius 1 is 1.58 bits per heavy atom. The molecule has 5 nitrogen and oxygen atoms in total. The second-order valence-electron chi connectivity index (χ2n) is 2.06. The van der Waals surface area contributed by atoms with Crippen molar-refractivity contribution < 1.29 is 19.4 Å².